The minimum Gasteiger partial charge on any atom is -0.443 e. The van der Waals surface area contributed by atoms with E-state index in [4.69, 9.17) is 9.15 Å². The summed E-state index contributed by atoms with van der Waals surface area (Å²) in [6, 6.07) is 9.68. The Morgan fingerprint density at radius 1 is 1.29 bits per heavy atom. The normalized spacial score (nSPS) is 13.5. The monoisotopic (exact) mass is 421 g/mol. The number of rotatable bonds is 5. The van der Waals surface area contributed by atoms with Crippen LogP contribution in [0.25, 0.3) is 5.69 Å². The van der Waals surface area contributed by atoms with Crippen molar-refractivity contribution in [3.05, 3.63) is 80.9 Å². The van der Waals surface area contributed by atoms with Crippen LogP contribution in [-0.2, 0) is 24.3 Å². The zero-order chi connectivity index (χ0) is 22.1. The second-order valence-electron chi connectivity index (χ2n) is 8.19. The van der Waals surface area contributed by atoms with Crippen molar-refractivity contribution in [3.63, 3.8) is 0 Å². The van der Waals surface area contributed by atoms with Crippen molar-refractivity contribution in [2.45, 2.75) is 46.3 Å². The molecule has 0 radical (unpaired) electrons. The van der Waals surface area contributed by atoms with Gasteiger partial charge < -0.3 is 14.1 Å². The second-order valence-corrected chi connectivity index (χ2v) is 8.19. The molecule has 7 nitrogen and oxygen atoms in total. The molecule has 3 heterocycles. The fourth-order valence-corrected chi connectivity index (χ4v) is 3.89. The van der Waals surface area contributed by atoms with Gasteiger partial charge in [0.15, 0.2) is 0 Å². The van der Waals surface area contributed by atoms with Gasteiger partial charge in [-0.2, -0.15) is 0 Å². The molecule has 3 aromatic rings. The van der Waals surface area contributed by atoms with Gasteiger partial charge in [0.25, 0.3) is 11.5 Å². The van der Waals surface area contributed by atoms with E-state index in [1.807, 2.05) is 30.3 Å². The molecule has 0 spiro atoms. The number of carbonyl (C=O) groups is 1. The molecule has 7 heteroatoms. The molecule has 31 heavy (non-hydrogen) atoms. The average Bonchev–Trinajstić information content (AvgIpc) is 3.15. The van der Waals surface area contributed by atoms with Crippen molar-refractivity contribution in [2.24, 2.45) is 0 Å². The minimum atomic E-state index is -0.308. The van der Waals surface area contributed by atoms with Gasteiger partial charge >= 0.3 is 0 Å². The molecule has 0 unspecified atom stereocenters. The van der Waals surface area contributed by atoms with E-state index in [9.17, 15) is 9.59 Å². The van der Waals surface area contributed by atoms with Gasteiger partial charge in [-0.05, 0) is 42.2 Å². The van der Waals surface area contributed by atoms with Crippen molar-refractivity contribution < 1.29 is 13.9 Å². The predicted octanol–water partition coefficient (Wildman–Crippen LogP) is 3.60. The van der Waals surface area contributed by atoms with Gasteiger partial charge in [0, 0.05) is 32.0 Å². The fraction of sp³-hybridized carbons (Fsp3) is 0.375. The lowest BCUT2D eigenvalue weighted by molar-refractivity contribution is 0.0724. The molecule has 0 bridgehead atoms. The SMILES string of the molecule is COCc1nc2c(o1)CCN(C(=O)c1c(C)ccn(-c3cccc(C(C)C)c3)c1=O)C2. The highest BCUT2D eigenvalue weighted by Gasteiger charge is 2.29. The highest BCUT2D eigenvalue weighted by atomic mass is 16.5. The number of nitrogens with zero attached hydrogens (tertiary/aromatic N) is 3. The van der Waals surface area contributed by atoms with Gasteiger partial charge in [-0.3, -0.25) is 14.2 Å². The number of amides is 1. The van der Waals surface area contributed by atoms with Gasteiger partial charge in [-0.1, -0.05) is 26.0 Å². The quantitative estimate of drug-likeness (QED) is 0.629. The number of oxazole rings is 1. The van der Waals surface area contributed by atoms with Gasteiger partial charge in [0.2, 0.25) is 5.89 Å². The number of pyridine rings is 1. The number of aryl methyl sites for hydroxylation is 1. The number of fused-ring (bicyclic) bond motifs is 1. The maximum atomic E-state index is 13.4. The third-order valence-electron chi connectivity index (χ3n) is 5.66. The summed E-state index contributed by atoms with van der Waals surface area (Å²) in [4.78, 5) is 32.8. The Bertz CT molecular complexity index is 1180. The Labute approximate surface area is 181 Å². The van der Waals surface area contributed by atoms with E-state index < -0.39 is 0 Å². The van der Waals surface area contributed by atoms with Crippen LogP contribution in [-0.4, -0.2) is 34.0 Å². The number of methoxy groups -OCH3 is 1. The summed E-state index contributed by atoms with van der Waals surface area (Å²) in [6.07, 6.45) is 2.30. The maximum absolute atomic E-state index is 13.4. The van der Waals surface area contributed by atoms with Gasteiger partial charge in [-0.15, -0.1) is 0 Å². The van der Waals surface area contributed by atoms with Crippen LogP contribution in [0.1, 0.15) is 58.6 Å². The lowest BCUT2D eigenvalue weighted by Gasteiger charge is -2.26. The van der Waals surface area contributed by atoms with E-state index in [-0.39, 0.29) is 17.0 Å². The molecule has 0 fully saturated rings. The lowest BCUT2D eigenvalue weighted by atomic mass is 10.0. The summed E-state index contributed by atoms with van der Waals surface area (Å²) in [5.74, 6) is 1.35. The molecule has 1 aromatic carbocycles. The van der Waals surface area contributed by atoms with E-state index in [1.54, 1.807) is 29.7 Å². The number of carbonyl (C=O) groups excluding carboxylic acids is 1. The van der Waals surface area contributed by atoms with Crippen LogP contribution in [0.15, 0.2) is 45.7 Å². The zero-order valence-electron chi connectivity index (χ0n) is 18.3. The second kappa shape index (κ2) is 8.51. The van der Waals surface area contributed by atoms with E-state index in [1.165, 1.54) is 0 Å². The van der Waals surface area contributed by atoms with Crippen LogP contribution in [0.3, 0.4) is 0 Å². The molecule has 0 atom stereocenters. The van der Waals surface area contributed by atoms with E-state index in [2.05, 4.69) is 18.8 Å². The molecular weight excluding hydrogens is 394 g/mol. The van der Waals surface area contributed by atoms with Crippen LogP contribution in [0.4, 0.5) is 0 Å². The first-order chi connectivity index (χ1) is 14.9. The summed E-state index contributed by atoms with van der Waals surface area (Å²) in [5, 5.41) is 0. The van der Waals surface area contributed by atoms with Gasteiger partial charge in [0.1, 0.15) is 23.6 Å². The molecule has 162 valence electrons. The molecule has 1 amide bonds. The molecule has 1 aliphatic rings. The highest BCUT2D eigenvalue weighted by molar-refractivity contribution is 5.95. The molecule has 1 aliphatic heterocycles. The summed E-state index contributed by atoms with van der Waals surface area (Å²) < 4.78 is 12.3. The average molecular weight is 421 g/mol. The van der Waals surface area contributed by atoms with Crippen LogP contribution >= 0.6 is 0 Å². The summed E-state index contributed by atoms with van der Waals surface area (Å²) >= 11 is 0. The molecule has 4 rings (SSSR count). The Kier molecular flexibility index (Phi) is 5.78. The van der Waals surface area contributed by atoms with E-state index >= 15 is 0 Å². The number of hydrogen-bond acceptors (Lipinski definition) is 5. The standard InChI is InChI=1S/C24H27N3O4/c1-15(2)17-6-5-7-18(12-17)27-11-8-16(3)22(24(27)29)23(28)26-10-9-20-19(13-26)25-21(31-20)14-30-4/h5-8,11-12,15H,9-10,13-14H2,1-4H3. The summed E-state index contributed by atoms with van der Waals surface area (Å²) in [6.45, 7) is 7.10. The number of hydrogen-bond donors (Lipinski definition) is 0. The first-order valence-corrected chi connectivity index (χ1v) is 10.5. The van der Waals surface area contributed by atoms with Crippen LogP contribution < -0.4 is 5.56 Å². The predicted molar refractivity (Wildman–Crippen MR) is 117 cm³/mol. The molecule has 2 aromatic heterocycles. The van der Waals surface area contributed by atoms with Crippen molar-refractivity contribution >= 4 is 5.91 Å². The molecule has 0 saturated heterocycles. The topological polar surface area (TPSA) is 77.6 Å². The van der Waals surface area contributed by atoms with E-state index in [0.29, 0.717) is 43.5 Å². The van der Waals surface area contributed by atoms with Crippen molar-refractivity contribution in [1.82, 2.24) is 14.5 Å². The van der Waals surface area contributed by atoms with Crippen molar-refractivity contribution in [1.29, 1.82) is 0 Å². The number of benzene rings is 1. The van der Waals surface area contributed by atoms with Crippen molar-refractivity contribution in [2.75, 3.05) is 13.7 Å². The minimum absolute atomic E-state index is 0.196. The molecule has 0 N–H and O–H groups in total. The summed E-state index contributed by atoms with van der Waals surface area (Å²) in [5.41, 5.74) is 3.17. The largest absolute Gasteiger partial charge is 0.443 e. The van der Waals surface area contributed by atoms with Gasteiger partial charge in [0.05, 0.1) is 6.54 Å². The molecule has 0 aliphatic carbocycles. The lowest BCUT2D eigenvalue weighted by Crippen LogP contribution is -2.40. The van der Waals surface area contributed by atoms with Gasteiger partial charge in [-0.25, -0.2) is 4.98 Å². The van der Waals surface area contributed by atoms with Crippen LogP contribution in [0, 0.1) is 6.92 Å². The Hall–Kier alpha value is -3.19. The Morgan fingerprint density at radius 3 is 2.84 bits per heavy atom. The smallest absolute Gasteiger partial charge is 0.268 e. The highest BCUT2D eigenvalue weighted by Crippen LogP contribution is 2.22. The number of aromatic nitrogens is 2. The van der Waals surface area contributed by atoms with Crippen molar-refractivity contribution in [3.8, 4) is 5.69 Å². The molecular formula is C24H27N3O4. The first kappa shape index (κ1) is 21.1. The summed E-state index contributed by atoms with van der Waals surface area (Å²) in [7, 11) is 1.58. The Morgan fingerprint density at radius 2 is 2.10 bits per heavy atom. The fourth-order valence-electron chi connectivity index (χ4n) is 3.89. The van der Waals surface area contributed by atoms with Crippen LogP contribution in [0.5, 0.6) is 0 Å². The maximum Gasteiger partial charge on any atom is 0.268 e. The molecule has 0 saturated carbocycles. The number of ether oxygens (including phenoxy) is 1. The van der Waals surface area contributed by atoms with E-state index in [0.717, 1.165) is 22.7 Å². The Balaban J connectivity index is 1.67. The first-order valence-electron chi connectivity index (χ1n) is 10.5. The van der Waals surface area contributed by atoms with Crippen LogP contribution in [0.2, 0.25) is 0 Å². The third-order valence-corrected chi connectivity index (χ3v) is 5.66. The third kappa shape index (κ3) is 4.05. The zero-order valence-corrected chi connectivity index (χ0v) is 18.3.